The molecule has 3 heterocycles. The first-order chi connectivity index (χ1) is 16.0. The highest BCUT2D eigenvalue weighted by molar-refractivity contribution is 5.93. The van der Waals surface area contributed by atoms with E-state index in [1.165, 1.54) is 12.5 Å². The Labute approximate surface area is 193 Å². The van der Waals surface area contributed by atoms with E-state index in [4.69, 9.17) is 9.84 Å². The number of benzene rings is 1. The van der Waals surface area contributed by atoms with Gasteiger partial charge in [0.2, 0.25) is 0 Å². The molecule has 1 saturated heterocycles. The molecule has 176 valence electrons. The van der Waals surface area contributed by atoms with Crippen molar-refractivity contribution in [2.75, 3.05) is 13.3 Å². The molecule has 33 heavy (non-hydrogen) atoms. The summed E-state index contributed by atoms with van der Waals surface area (Å²) in [6, 6.07) is 8.47. The molecule has 1 unspecified atom stereocenters. The van der Waals surface area contributed by atoms with Crippen molar-refractivity contribution in [1.82, 2.24) is 19.5 Å². The van der Waals surface area contributed by atoms with Gasteiger partial charge in [0.05, 0.1) is 12.3 Å². The predicted molar refractivity (Wildman–Crippen MR) is 123 cm³/mol. The summed E-state index contributed by atoms with van der Waals surface area (Å²) >= 11 is 0. The lowest BCUT2D eigenvalue weighted by Gasteiger charge is -2.31. The van der Waals surface area contributed by atoms with Crippen LogP contribution in [0.15, 0.2) is 30.3 Å². The van der Waals surface area contributed by atoms with E-state index in [1.807, 2.05) is 17.9 Å². The van der Waals surface area contributed by atoms with Crippen molar-refractivity contribution < 1.29 is 19.0 Å². The van der Waals surface area contributed by atoms with Gasteiger partial charge in [-0.3, -0.25) is 4.79 Å². The number of aliphatic hydroxyl groups excluding tert-OH is 1. The highest BCUT2D eigenvalue weighted by Gasteiger charge is 2.25. The van der Waals surface area contributed by atoms with Crippen molar-refractivity contribution in [3.8, 4) is 11.3 Å². The summed E-state index contributed by atoms with van der Waals surface area (Å²) in [4.78, 5) is 20.0. The molecule has 7 nitrogen and oxygen atoms in total. The SMILES string of the molecule is CCc1cc(C(=O)N2CCCCCCC2C)nc2cc(-c3ccc(COCO)cc3F)nn12. The summed E-state index contributed by atoms with van der Waals surface area (Å²) in [6.45, 7) is 4.56. The van der Waals surface area contributed by atoms with E-state index >= 15 is 0 Å². The molecular weight excluding hydrogens is 423 g/mol. The van der Waals surface area contributed by atoms with Gasteiger partial charge in [-0.05, 0) is 49.9 Å². The zero-order chi connectivity index (χ0) is 23.4. The van der Waals surface area contributed by atoms with Crippen LogP contribution in [0.4, 0.5) is 4.39 Å². The number of likely N-dealkylation sites (tertiary alicyclic amines) is 1. The minimum Gasteiger partial charge on any atom is -0.371 e. The maximum Gasteiger partial charge on any atom is 0.272 e. The van der Waals surface area contributed by atoms with Gasteiger partial charge in [-0.15, -0.1) is 0 Å². The number of rotatable bonds is 6. The summed E-state index contributed by atoms with van der Waals surface area (Å²) in [5.74, 6) is -0.481. The summed E-state index contributed by atoms with van der Waals surface area (Å²) in [5, 5.41) is 13.4. The molecule has 1 N–H and O–H groups in total. The first-order valence-corrected chi connectivity index (χ1v) is 11.7. The van der Waals surface area contributed by atoms with Gasteiger partial charge >= 0.3 is 0 Å². The fourth-order valence-electron chi connectivity index (χ4n) is 4.45. The Morgan fingerprint density at radius 2 is 2.03 bits per heavy atom. The highest BCUT2D eigenvalue weighted by Crippen LogP contribution is 2.25. The highest BCUT2D eigenvalue weighted by atomic mass is 19.1. The third-order valence-electron chi connectivity index (χ3n) is 6.32. The third kappa shape index (κ3) is 5.07. The Morgan fingerprint density at radius 3 is 2.79 bits per heavy atom. The topological polar surface area (TPSA) is 80.0 Å². The van der Waals surface area contributed by atoms with Crippen molar-refractivity contribution in [2.45, 2.75) is 65.0 Å². The lowest BCUT2D eigenvalue weighted by Crippen LogP contribution is -2.40. The molecule has 0 saturated carbocycles. The molecule has 8 heteroatoms. The van der Waals surface area contributed by atoms with Crippen LogP contribution in [0.1, 0.15) is 67.7 Å². The monoisotopic (exact) mass is 454 g/mol. The average molecular weight is 455 g/mol. The first-order valence-electron chi connectivity index (χ1n) is 11.7. The van der Waals surface area contributed by atoms with Gasteiger partial charge < -0.3 is 14.7 Å². The van der Waals surface area contributed by atoms with Gasteiger partial charge in [0.25, 0.3) is 5.91 Å². The van der Waals surface area contributed by atoms with E-state index < -0.39 is 12.6 Å². The fourth-order valence-corrected chi connectivity index (χ4v) is 4.45. The first kappa shape index (κ1) is 23.3. The number of ether oxygens (including phenoxy) is 1. The van der Waals surface area contributed by atoms with Gasteiger partial charge in [0.1, 0.15) is 18.3 Å². The van der Waals surface area contributed by atoms with Crippen LogP contribution in [0.3, 0.4) is 0 Å². The maximum atomic E-state index is 14.8. The Kier molecular flexibility index (Phi) is 7.35. The standard InChI is InChI=1S/C25H31FN4O3/c1-3-19-13-23(25(32)29-11-7-5-4-6-8-17(29)2)27-24-14-22(28-30(19)24)20-10-9-18(12-21(20)26)15-33-16-31/h9-10,12-14,17,31H,3-8,11,15-16H2,1-2H3. The average Bonchev–Trinajstić information content (AvgIpc) is 3.23. The predicted octanol–water partition coefficient (Wildman–Crippen LogP) is 4.36. The molecule has 1 aliphatic rings. The number of aliphatic hydroxyl groups is 1. The van der Waals surface area contributed by atoms with Crippen molar-refractivity contribution in [2.24, 2.45) is 0 Å². The van der Waals surface area contributed by atoms with Crippen molar-refractivity contribution in [3.63, 3.8) is 0 Å². The van der Waals surface area contributed by atoms with E-state index in [1.54, 1.807) is 22.7 Å². The minimum atomic E-state index is -0.429. The molecule has 0 bridgehead atoms. The van der Waals surface area contributed by atoms with Crippen LogP contribution < -0.4 is 0 Å². The molecule has 0 spiro atoms. The van der Waals surface area contributed by atoms with E-state index in [0.29, 0.717) is 34.6 Å². The largest absolute Gasteiger partial charge is 0.371 e. The number of nitrogens with zero attached hydrogens (tertiary/aromatic N) is 4. The molecule has 3 aromatic rings. The summed E-state index contributed by atoms with van der Waals surface area (Å²) in [5.41, 5.74) is 3.21. The van der Waals surface area contributed by atoms with Crippen molar-refractivity contribution >= 4 is 11.6 Å². The van der Waals surface area contributed by atoms with Crippen LogP contribution in [-0.2, 0) is 17.8 Å². The summed E-state index contributed by atoms with van der Waals surface area (Å²) in [7, 11) is 0. The van der Waals surface area contributed by atoms with Crippen molar-refractivity contribution in [1.29, 1.82) is 0 Å². The van der Waals surface area contributed by atoms with Crippen molar-refractivity contribution in [3.05, 3.63) is 53.1 Å². The Balaban J connectivity index is 1.68. The molecule has 0 radical (unpaired) electrons. The zero-order valence-electron chi connectivity index (χ0n) is 19.3. The number of hydrogen-bond donors (Lipinski definition) is 1. The van der Waals surface area contributed by atoms with E-state index in [9.17, 15) is 9.18 Å². The number of aryl methyl sites for hydroxylation is 1. The summed E-state index contributed by atoms with van der Waals surface area (Å²) in [6.07, 6.45) is 6.18. The molecular formula is C25H31FN4O3. The number of amides is 1. The Hall–Kier alpha value is -2.84. The molecule has 1 atom stereocenters. The second-order valence-corrected chi connectivity index (χ2v) is 8.63. The molecule has 2 aromatic heterocycles. The van der Waals surface area contributed by atoms with E-state index in [0.717, 1.165) is 37.9 Å². The normalized spacial score (nSPS) is 17.2. The van der Waals surface area contributed by atoms with Gasteiger partial charge in [-0.25, -0.2) is 13.9 Å². The molecule has 1 aliphatic heterocycles. The molecule has 0 aliphatic carbocycles. The van der Waals surface area contributed by atoms with E-state index in [2.05, 4.69) is 17.0 Å². The second kappa shape index (κ2) is 10.4. The molecule has 4 rings (SSSR count). The fraction of sp³-hybridized carbons (Fsp3) is 0.480. The van der Waals surface area contributed by atoms with Gasteiger partial charge in [0, 0.05) is 29.9 Å². The Bertz CT molecular complexity index is 1130. The smallest absolute Gasteiger partial charge is 0.272 e. The van der Waals surface area contributed by atoms with Gasteiger partial charge in [-0.2, -0.15) is 5.10 Å². The van der Waals surface area contributed by atoms with Gasteiger partial charge in [-0.1, -0.05) is 32.3 Å². The zero-order valence-corrected chi connectivity index (χ0v) is 19.3. The second-order valence-electron chi connectivity index (χ2n) is 8.63. The third-order valence-corrected chi connectivity index (χ3v) is 6.32. The maximum absolute atomic E-state index is 14.8. The van der Waals surface area contributed by atoms with Crippen LogP contribution >= 0.6 is 0 Å². The van der Waals surface area contributed by atoms with Crippen LogP contribution in [0, 0.1) is 5.82 Å². The van der Waals surface area contributed by atoms with Gasteiger partial charge in [0.15, 0.2) is 5.65 Å². The van der Waals surface area contributed by atoms with Crippen LogP contribution in [0.2, 0.25) is 0 Å². The quantitative estimate of drug-likeness (QED) is 0.560. The minimum absolute atomic E-state index is 0.0521. The van der Waals surface area contributed by atoms with E-state index in [-0.39, 0.29) is 18.6 Å². The molecule has 1 aromatic carbocycles. The number of carbonyl (C=O) groups is 1. The lowest BCUT2D eigenvalue weighted by atomic mass is 10.0. The number of aromatic nitrogens is 3. The lowest BCUT2D eigenvalue weighted by molar-refractivity contribution is -0.0113. The van der Waals surface area contributed by atoms with Crippen LogP contribution in [-0.4, -0.2) is 49.9 Å². The van der Waals surface area contributed by atoms with Crippen LogP contribution in [0.25, 0.3) is 16.9 Å². The summed E-state index contributed by atoms with van der Waals surface area (Å²) < 4.78 is 21.4. The number of halogens is 1. The number of carbonyl (C=O) groups excluding carboxylic acids is 1. The molecule has 1 fully saturated rings. The molecule has 1 amide bonds. The van der Waals surface area contributed by atoms with Crippen LogP contribution in [0.5, 0.6) is 0 Å². The number of fused-ring (bicyclic) bond motifs is 1. The number of hydrogen-bond acceptors (Lipinski definition) is 5. The Morgan fingerprint density at radius 1 is 1.21 bits per heavy atom.